The number of esters is 3. The van der Waals surface area contributed by atoms with E-state index in [4.69, 9.17) is 14.2 Å². The highest BCUT2D eigenvalue weighted by Gasteiger charge is 2.19. The molecule has 0 amide bonds. The third-order valence-corrected chi connectivity index (χ3v) is 12.3. The summed E-state index contributed by atoms with van der Waals surface area (Å²) in [6, 6.07) is 0. The van der Waals surface area contributed by atoms with Gasteiger partial charge in [-0.15, -0.1) is 0 Å². The molecule has 0 aromatic heterocycles. The van der Waals surface area contributed by atoms with Crippen LogP contribution in [-0.4, -0.2) is 37.2 Å². The van der Waals surface area contributed by atoms with Crippen molar-refractivity contribution in [1.29, 1.82) is 0 Å². The number of carbonyl (C=O) groups excluding carboxylic acids is 3. The van der Waals surface area contributed by atoms with E-state index in [1.807, 2.05) is 0 Å². The van der Waals surface area contributed by atoms with E-state index in [2.05, 4.69) is 118 Å². The van der Waals surface area contributed by atoms with E-state index in [1.165, 1.54) is 122 Å². The second kappa shape index (κ2) is 57.9. The van der Waals surface area contributed by atoms with E-state index < -0.39 is 6.10 Å². The van der Waals surface area contributed by atoms with Crippen molar-refractivity contribution in [2.75, 3.05) is 13.2 Å². The minimum absolute atomic E-state index is 0.0944. The molecule has 0 aliphatic carbocycles. The lowest BCUT2D eigenvalue weighted by Gasteiger charge is -2.18. The molecule has 0 aliphatic heterocycles. The molecule has 0 radical (unpaired) electrons. The molecule has 0 aliphatic rings. The molecule has 0 bridgehead atoms. The third kappa shape index (κ3) is 55.3. The van der Waals surface area contributed by atoms with E-state index in [9.17, 15) is 14.4 Å². The molecule has 400 valence electrons. The topological polar surface area (TPSA) is 78.9 Å². The van der Waals surface area contributed by atoms with Gasteiger partial charge in [-0.05, 0) is 122 Å². The SMILES string of the molecule is CC/C=C/C/C=C/C/C=C/C/C=C/C/C=C/CCCCCC(=O)OC[C@@H](COC(=O)CCCCCCC/C=C/CCCCCCC)OC(=O)CCCCCCCCCCC/C=C/C/C=C/CCCCC. The van der Waals surface area contributed by atoms with Crippen LogP contribution in [-0.2, 0) is 28.6 Å². The van der Waals surface area contributed by atoms with Crippen LogP contribution in [0.4, 0.5) is 0 Å². The molecule has 6 nitrogen and oxygen atoms in total. The number of allylic oxidation sites excluding steroid dienone is 16. The Morgan fingerprint density at radius 3 is 0.929 bits per heavy atom. The van der Waals surface area contributed by atoms with Gasteiger partial charge < -0.3 is 14.2 Å². The van der Waals surface area contributed by atoms with Gasteiger partial charge in [0.2, 0.25) is 0 Å². The summed E-state index contributed by atoms with van der Waals surface area (Å²) in [6.07, 6.45) is 76.8. The van der Waals surface area contributed by atoms with Crippen molar-refractivity contribution in [3.05, 3.63) is 97.2 Å². The van der Waals surface area contributed by atoms with Crippen LogP contribution in [0.2, 0.25) is 0 Å². The summed E-state index contributed by atoms with van der Waals surface area (Å²) in [7, 11) is 0. The molecular formula is C64H108O6. The zero-order valence-corrected chi connectivity index (χ0v) is 45.8. The monoisotopic (exact) mass is 973 g/mol. The predicted molar refractivity (Wildman–Crippen MR) is 302 cm³/mol. The summed E-state index contributed by atoms with van der Waals surface area (Å²) < 4.78 is 16.8. The highest BCUT2D eigenvalue weighted by Crippen LogP contribution is 2.15. The fourth-order valence-corrected chi connectivity index (χ4v) is 7.91. The Balaban J connectivity index is 4.46. The summed E-state index contributed by atoms with van der Waals surface area (Å²) in [4.78, 5) is 38.2. The van der Waals surface area contributed by atoms with E-state index in [0.717, 1.165) is 109 Å². The van der Waals surface area contributed by atoms with Gasteiger partial charge in [0.05, 0.1) is 0 Å². The first-order valence-corrected chi connectivity index (χ1v) is 29.2. The molecule has 0 saturated heterocycles. The van der Waals surface area contributed by atoms with Gasteiger partial charge in [-0.2, -0.15) is 0 Å². The van der Waals surface area contributed by atoms with E-state index in [-0.39, 0.29) is 31.1 Å². The highest BCUT2D eigenvalue weighted by atomic mass is 16.6. The van der Waals surface area contributed by atoms with Gasteiger partial charge in [-0.25, -0.2) is 0 Å². The fraction of sp³-hybridized carbons (Fsp3) is 0.703. The summed E-state index contributed by atoms with van der Waals surface area (Å²) in [6.45, 7) is 6.46. The summed E-state index contributed by atoms with van der Waals surface area (Å²) in [5.74, 6) is -0.936. The van der Waals surface area contributed by atoms with Gasteiger partial charge in [0.25, 0.3) is 0 Å². The van der Waals surface area contributed by atoms with Crippen molar-refractivity contribution < 1.29 is 28.6 Å². The lowest BCUT2D eigenvalue weighted by atomic mass is 10.1. The molecule has 0 aromatic carbocycles. The second-order valence-electron chi connectivity index (χ2n) is 19.2. The molecule has 0 aromatic rings. The van der Waals surface area contributed by atoms with Crippen LogP contribution in [0.5, 0.6) is 0 Å². The van der Waals surface area contributed by atoms with E-state index >= 15 is 0 Å². The van der Waals surface area contributed by atoms with Crippen LogP contribution in [0.3, 0.4) is 0 Å². The first-order valence-electron chi connectivity index (χ1n) is 29.2. The van der Waals surface area contributed by atoms with Crippen molar-refractivity contribution in [3.63, 3.8) is 0 Å². The molecule has 0 saturated carbocycles. The zero-order chi connectivity index (χ0) is 50.7. The molecule has 0 N–H and O–H groups in total. The first kappa shape index (κ1) is 66.3. The number of carbonyl (C=O) groups is 3. The Kier molecular flexibility index (Phi) is 54.9. The maximum Gasteiger partial charge on any atom is 0.306 e. The summed E-state index contributed by atoms with van der Waals surface area (Å²) in [5, 5.41) is 0. The first-order chi connectivity index (χ1) is 34.5. The quantitative estimate of drug-likeness (QED) is 0.0262. The fourth-order valence-electron chi connectivity index (χ4n) is 7.91. The third-order valence-electron chi connectivity index (χ3n) is 12.3. The Morgan fingerprint density at radius 1 is 0.300 bits per heavy atom. The minimum Gasteiger partial charge on any atom is -0.462 e. The Labute approximate surface area is 432 Å². The molecule has 6 heteroatoms. The number of rotatable bonds is 52. The number of unbranched alkanes of at least 4 members (excludes halogenated alkanes) is 25. The molecule has 0 heterocycles. The van der Waals surface area contributed by atoms with Crippen LogP contribution >= 0.6 is 0 Å². The predicted octanol–water partition coefficient (Wildman–Crippen LogP) is 19.7. The van der Waals surface area contributed by atoms with Crippen LogP contribution in [0.15, 0.2) is 97.2 Å². The maximum atomic E-state index is 12.9. The lowest BCUT2D eigenvalue weighted by Crippen LogP contribution is -2.30. The zero-order valence-electron chi connectivity index (χ0n) is 45.8. The van der Waals surface area contributed by atoms with Crippen LogP contribution in [0.25, 0.3) is 0 Å². The number of ether oxygens (including phenoxy) is 3. The van der Waals surface area contributed by atoms with E-state index in [1.54, 1.807) is 0 Å². The van der Waals surface area contributed by atoms with Crippen LogP contribution < -0.4 is 0 Å². The number of hydrogen-bond acceptors (Lipinski definition) is 6. The molecule has 1 atom stereocenters. The van der Waals surface area contributed by atoms with Gasteiger partial charge in [0.15, 0.2) is 6.10 Å². The summed E-state index contributed by atoms with van der Waals surface area (Å²) >= 11 is 0. The normalized spacial score (nSPS) is 12.8. The lowest BCUT2D eigenvalue weighted by molar-refractivity contribution is -0.167. The minimum atomic E-state index is -0.798. The van der Waals surface area contributed by atoms with Crippen molar-refractivity contribution in [2.24, 2.45) is 0 Å². The summed E-state index contributed by atoms with van der Waals surface area (Å²) in [5.41, 5.74) is 0. The average Bonchev–Trinajstić information content (AvgIpc) is 3.36. The molecule has 70 heavy (non-hydrogen) atoms. The Hall–Kier alpha value is -3.67. The number of hydrogen-bond donors (Lipinski definition) is 0. The van der Waals surface area contributed by atoms with Crippen LogP contribution in [0, 0.1) is 0 Å². The van der Waals surface area contributed by atoms with Gasteiger partial charge in [-0.1, -0.05) is 227 Å². The van der Waals surface area contributed by atoms with E-state index in [0.29, 0.717) is 19.3 Å². The molecule has 0 spiro atoms. The van der Waals surface area contributed by atoms with Crippen LogP contribution in [0.1, 0.15) is 271 Å². The Morgan fingerprint density at radius 2 is 0.557 bits per heavy atom. The smallest absolute Gasteiger partial charge is 0.306 e. The molecule has 0 fully saturated rings. The standard InChI is InChI=1S/C64H108O6/c1-4-7-10-13-16-19-22-25-28-30-32-34-36-39-42-45-48-51-54-57-63(66)69-60-61(59-68-62(65)56-53-50-47-44-41-38-27-24-21-18-15-12-9-6-3)70-64(67)58-55-52-49-46-43-40-37-35-33-31-29-26-23-20-17-14-11-8-5-2/h7,10,16-17,19-20,24-29,32,34,39,42,61H,4-6,8-9,11-15,18,21-23,30-31,33,35-38,40-41,43-60H2,1-3H3/b10-7+,19-16+,20-17+,27-24+,28-25+,29-26+,34-32+,42-39+/t61-/m1/s1. The van der Waals surface area contributed by atoms with Gasteiger partial charge in [0, 0.05) is 19.3 Å². The second-order valence-corrected chi connectivity index (χ2v) is 19.2. The highest BCUT2D eigenvalue weighted by molar-refractivity contribution is 5.71. The molecule has 0 rings (SSSR count). The Bertz CT molecular complexity index is 1400. The average molecular weight is 974 g/mol. The maximum absolute atomic E-state index is 12.9. The largest absolute Gasteiger partial charge is 0.462 e. The van der Waals surface area contributed by atoms with Crippen molar-refractivity contribution in [3.8, 4) is 0 Å². The van der Waals surface area contributed by atoms with Crippen molar-refractivity contribution in [2.45, 2.75) is 277 Å². The van der Waals surface area contributed by atoms with Gasteiger partial charge in [0.1, 0.15) is 13.2 Å². The van der Waals surface area contributed by atoms with Gasteiger partial charge in [-0.3, -0.25) is 14.4 Å². The van der Waals surface area contributed by atoms with Crippen molar-refractivity contribution >= 4 is 17.9 Å². The molecule has 0 unspecified atom stereocenters. The molecular weight excluding hydrogens is 865 g/mol. The van der Waals surface area contributed by atoms with Crippen molar-refractivity contribution in [1.82, 2.24) is 0 Å². The van der Waals surface area contributed by atoms with Gasteiger partial charge >= 0.3 is 17.9 Å².